The highest BCUT2D eigenvalue weighted by molar-refractivity contribution is 5.30. The first-order valence-corrected chi connectivity index (χ1v) is 6.71. The Balaban J connectivity index is 2.07. The average molecular weight is 277 g/mol. The van der Waals surface area contributed by atoms with Gasteiger partial charge in [-0.05, 0) is 25.5 Å². The van der Waals surface area contributed by atoms with Gasteiger partial charge in [-0.3, -0.25) is 4.68 Å². The molecule has 0 radical (unpaired) electrons. The van der Waals surface area contributed by atoms with Crippen molar-refractivity contribution in [2.45, 2.75) is 32.9 Å². The van der Waals surface area contributed by atoms with Crippen LogP contribution in [0.2, 0.25) is 0 Å². The van der Waals surface area contributed by atoms with Crippen LogP contribution in [0.25, 0.3) is 0 Å². The Morgan fingerprint density at radius 2 is 2.15 bits per heavy atom. The van der Waals surface area contributed by atoms with Gasteiger partial charge >= 0.3 is 0 Å². The van der Waals surface area contributed by atoms with E-state index < -0.39 is 0 Å². The lowest BCUT2D eigenvalue weighted by atomic mass is 10.1. The van der Waals surface area contributed by atoms with Gasteiger partial charge in [-0.1, -0.05) is 13.0 Å². The van der Waals surface area contributed by atoms with E-state index in [0.717, 1.165) is 17.8 Å². The molecule has 0 bridgehead atoms. The van der Waals surface area contributed by atoms with Gasteiger partial charge in [0.15, 0.2) is 0 Å². The van der Waals surface area contributed by atoms with Gasteiger partial charge in [0.1, 0.15) is 18.2 Å². The standard InChI is InChI=1S/C15H20FN3O/c1-4-11-7-12(19(3)18-11)9-20-13-5-6-14(10(2)17)15(16)8-13/h5-8,10H,4,9,17H2,1-3H3. The molecule has 2 rings (SSSR count). The van der Waals surface area contributed by atoms with Gasteiger partial charge < -0.3 is 10.5 Å². The molecule has 1 atom stereocenters. The summed E-state index contributed by atoms with van der Waals surface area (Å²) in [7, 11) is 1.87. The van der Waals surface area contributed by atoms with Crippen LogP contribution in [-0.4, -0.2) is 9.78 Å². The summed E-state index contributed by atoms with van der Waals surface area (Å²) in [5.41, 5.74) is 8.14. The van der Waals surface area contributed by atoms with E-state index >= 15 is 0 Å². The van der Waals surface area contributed by atoms with Gasteiger partial charge in [0, 0.05) is 24.7 Å². The molecule has 1 heterocycles. The van der Waals surface area contributed by atoms with Crippen LogP contribution in [0, 0.1) is 5.82 Å². The Morgan fingerprint density at radius 1 is 1.40 bits per heavy atom. The highest BCUT2D eigenvalue weighted by atomic mass is 19.1. The van der Waals surface area contributed by atoms with Crippen LogP contribution < -0.4 is 10.5 Å². The number of nitrogens with zero attached hydrogens (tertiary/aromatic N) is 2. The van der Waals surface area contributed by atoms with E-state index in [4.69, 9.17) is 10.5 Å². The molecule has 1 aromatic carbocycles. The minimum Gasteiger partial charge on any atom is -0.487 e. The number of nitrogens with two attached hydrogens (primary N) is 1. The van der Waals surface area contributed by atoms with Crippen LogP contribution in [0.15, 0.2) is 24.3 Å². The topological polar surface area (TPSA) is 53.1 Å². The van der Waals surface area contributed by atoms with Crippen LogP contribution in [0.3, 0.4) is 0 Å². The van der Waals surface area contributed by atoms with E-state index in [2.05, 4.69) is 12.0 Å². The molecule has 1 aromatic heterocycles. The number of rotatable bonds is 5. The zero-order valence-electron chi connectivity index (χ0n) is 12.1. The summed E-state index contributed by atoms with van der Waals surface area (Å²) in [4.78, 5) is 0. The number of benzene rings is 1. The number of aryl methyl sites for hydroxylation is 2. The fourth-order valence-corrected chi connectivity index (χ4v) is 2.00. The molecule has 0 spiro atoms. The second-order valence-corrected chi connectivity index (χ2v) is 4.86. The van der Waals surface area contributed by atoms with Crippen molar-refractivity contribution < 1.29 is 9.13 Å². The molecule has 0 aliphatic carbocycles. The van der Waals surface area contributed by atoms with E-state index in [0.29, 0.717) is 17.9 Å². The van der Waals surface area contributed by atoms with Gasteiger partial charge in [-0.2, -0.15) is 5.10 Å². The quantitative estimate of drug-likeness (QED) is 0.914. The lowest BCUT2D eigenvalue weighted by Crippen LogP contribution is -2.08. The summed E-state index contributed by atoms with van der Waals surface area (Å²) in [6.07, 6.45) is 0.881. The summed E-state index contributed by atoms with van der Waals surface area (Å²) < 4.78 is 21.2. The van der Waals surface area contributed by atoms with Crippen molar-refractivity contribution in [1.82, 2.24) is 9.78 Å². The van der Waals surface area contributed by atoms with Crippen molar-refractivity contribution in [2.75, 3.05) is 0 Å². The van der Waals surface area contributed by atoms with Crippen molar-refractivity contribution in [2.24, 2.45) is 12.8 Å². The number of ether oxygens (including phenoxy) is 1. The lowest BCUT2D eigenvalue weighted by molar-refractivity contribution is 0.293. The summed E-state index contributed by atoms with van der Waals surface area (Å²) >= 11 is 0. The third-order valence-corrected chi connectivity index (χ3v) is 3.24. The summed E-state index contributed by atoms with van der Waals surface area (Å²) in [5.74, 6) is 0.155. The molecule has 0 amide bonds. The maximum absolute atomic E-state index is 13.8. The second-order valence-electron chi connectivity index (χ2n) is 4.86. The maximum Gasteiger partial charge on any atom is 0.131 e. The van der Waals surface area contributed by atoms with Crippen LogP contribution in [-0.2, 0) is 20.1 Å². The molecule has 5 heteroatoms. The summed E-state index contributed by atoms with van der Waals surface area (Å²) in [6, 6.07) is 6.44. The minimum absolute atomic E-state index is 0.326. The first-order chi connectivity index (χ1) is 9.51. The fraction of sp³-hybridized carbons (Fsp3) is 0.400. The van der Waals surface area contributed by atoms with Gasteiger partial charge in [-0.15, -0.1) is 0 Å². The molecule has 0 saturated carbocycles. The molecule has 4 nitrogen and oxygen atoms in total. The molecular weight excluding hydrogens is 257 g/mol. The van der Waals surface area contributed by atoms with E-state index in [1.165, 1.54) is 6.07 Å². The third kappa shape index (κ3) is 3.17. The van der Waals surface area contributed by atoms with Crippen LogP contribution in [0.5, 0.6) is 5.75 Å². The Labute approximate surface area is 118 Å². The highest BCUT2D eigenvalue weighted by Gasteiger charge is 2.09. The summed E-state index contributed by atoms with van der Waals surface area (Å²) in [5, 5.41) is 4.34. The molecule has 0 aliphatic heterocycles. The Morgan fingerprint density at radius 3 is 2.70 bits per heavy atom. The van der Waals surface area contributed by atoms with E-state index in [1.807, 2.05) is 13.1 Å². The normalized spacial score (nSPS) is 12.4. The number of hydrogen-bond acceptors (Lipinski definition) is 3. The molecule has 0 fully saturated rings. The fourth-order valence-electron chi connectivity index (χ4n) is 2.00. The number of hydrogen-bond donors (Lipinski definition) is 1. The zero-order valence-corrected chi connectivity index (χ0v) is 12.1. The predicted octanol–water partition coefficient (Wildman–Crippen LogP) is 2.72. The van der Waals surface area contributed by atoms with Crippen LogP contribution in [0.1, 0.15) is 36.8 Å². The number of aromatic nitrogens is 2. The average Bonchev–Trinajstić information content (AvgIpc) is 2.76. The third-order valence-electron chi connectivity index (χ3n) is 3.24. The zero-order chi connectivity index (χ0) is 14.7. The molecule has 108 valence electrons. The Hall–Kier alpha value is -1.88. The van der Waals surface area contributed by atoms with E-state index in [-0.39, 0.29) is 11.9 Å². The molecule has 0 aliphatic rings. The van der Waals surface area contributed by atoms with Gasteiger partial charge in [0.05, 0.1) is 11.4 Å². The molecule has 1 unspecified atom stereocenters. The van der Waals surface area contributed by atoms with Crippen LogP contribution in [0.4, 0.5) is 4.39 Å². The second kappa shape index (κ2) is 6.05. The van der Waals surface area contributed by atoms with Gasteiger partial charge in [-0.25, -0.2) is 4.39 Å². The smallest absolute Gasteiger partial charge is 0.131 e. The van der Waals surface area contributed by atoms with E-state index in [9.17, 15) is 4.39 Å². The lowest BCUT2D eigenvalue weighted by Gasteiger charge is -2.10. The Kier molecular flexibility index (Phi) is 4.39. The minimum atomic E-state index is -0.336. The van der Waals surface area contributed by atoms with Crippen molar-refractivity contribution in [1.29, 1.82) is 0 Å². The first-order valence-electron chi connectivity index (χ1n) is 6.71. The molecule has 0 saturated heterocycles. The molecule has 2 aromatic rings. The number of halogens is 1. The van der Waals surface area contributed by atoms with E-state index in [1.54, 1.807) is 23.7 Å². The SMILES string of the molecule is CCc1cc(COc2ccc(C(C)N)c(F)c2)n(C)n1. The first kappa shape index (κ1) is 14.5. The van der Waals surface area contributed by atoms with Crippen molar-refractivity contribution in [3.05, 3.63) is 47.0 Å². The maximum atomic E-state index is 13.8. The van der Waals surface area contributed by atoms with Gasteiger partial charge in [0.2, 0.25) is 0 Å². The van der Waals surface area contributed by atoms with Crippen LogP contribution >= 0.6 is 0 Å². The molecular formula is C15H20FN3O. The highest BCUT2D eigenvalue weighted by Crippen LogP contribution is 2.21. The predicted molar refractivity (Wildman–Crippen MR) is 75.9 cm³/mol. The summed E-state index contributed by atoms with van der Waals surface area (Å²) in [6.45, 7) is 4.16. The van der Waals surface area contributed by atoms with Crippen molar-refractivity contribution in [3.63, 3.8) is 0 Å². The van der Waals surface area contributed by atoms with Gasteiger partial charge in [0.25, 0.3) is 0 Å². The molecule has 20 heavy (non-hydrogen) atoms. The Bertz CT molecular complexity index is 593. The van der Waals surface area contributed by atoms with Crippen molar-refractivity contribution in [3.8, 4) is 5.75 Å². The molecule has 2 N–H and O–H groups in total. The monoisotopic (exact) mass is 277 g/mol. The van der Waals surface area contributed by atoms with Crippen molar-refractivity contribution >= 4 is 0 Å². The largest absolute Gasteiger partial charge is 0.487 e.